The highest BCUT2D eigenvalue weighted by Gasteiger charge is 2.24. The highest BCUT2D eigenvalue weighted by molar-refractivity contribution is 5.98. The van der Waals surface area contributed by atoms with Gasteiger partial charge in [-0.05, 0) is 36.6 Å². The molecule has 1 fully saturated rings. The Morgan fingerprint density at radius 3 is 2.88 bits per heavy atom. The van der Waals surface area contributed by atoms with Crippen molar-refractivity contribution in [1.29, 1.82) is 0 Å². The first-order chi connectivity index (χ1) is 11.8. The zero-order valence-corrected chi connectivity index (χ0v) is 13.6. The van der Waals surface area contributed by atoms with E-state index >= 15 is 0 Å². The molecule has 4 rings (SSSR count). The summed E-state index contributed by atoms with van der Waals surface area (Å²) in [6.07, 6.45) is 4.90. The second kappa shape index (κ2) is 6.51. The van der Waals surface area contributed by atoms with Crippen LogP contribution in [0.3, 0.4) is 0 Å². The molecule has 1 N–H and O–H groups in total. The lowest BCUT2D eigenvalue weighted by molar-refractivity contribution is 0.0933. The molecule has 3 heterocycles. The van der Waals surface area contributed by atoms with Gasteiger partial charge in [0.15, 0.2) is 0 Å². The summed E-state index contributed by atoms with van der Waals surface area (Å²) in [5.74, 6) is 1.64. The quantitative estimate of drug-likeness (QED) is 0.939. The molecule has 1 aromatic carbocycles. The van der Waals surface area contributed by atoms with Gasteiger partial charge in [-0.3, -0.25) is 4.79 Å². The molecule has 0 saturated carbocycles. The fourth-order valence-electron chi connectivity index (χ4n) is 3.42. The monoisotopic (exact) mass is 323 g/mol. The van der Waals surface area contributed by atoms with Crippen molar-refractivity contribution in [3.8, 4) is 5.75 Å². The van der Waals surface area contributed by atoms with E-state index in [2.05, 4.69) is 21.3 Å². The van der Waals surface area contributed by atoms with Crippen molar-refractivity contribution in [3.63, 3.8) is 0 Å². The number of ether oxygens (including phenoxy) is 1. The van der Waals surface area contributed by atoms with Gasteiger partial charge in [-0.1, -0.05) is 18.2 Å². The molecule has 1 atom stereocenters. The minimum Gasteiger partial charge on any atom is -0.488 e. The van der Waals surface area contributed by atoms with Crippen LogP contribution in [-0.2, 0) is 6.42 Å². The number of nitrogens with one attached hydrogen (secondary N) is 1. The Hall–Kier alpha value is -2.56. The highest BCUT2D eigenvalue weighted by Crippen LogP contribution is 2.28. The van der Waals surface area contributed by atoms with Crippen LogP contribution in [0.4, 0.5) is 5.82 Å². The maximum absolute atomic E-state index is 12.6. The largest absolute Gasteiger partial charge is 0.488 e. The van der Waals surface area contributed by atoms with Crippen molar-refractivity contribution in [2.24, 2.45) is 0 Å². The van der Waals surface area contributed by atoms with Crippen LogP contribution in [0.15, 0.2) is 42.6 Å². The predicted molar refractivity (Wildman–Crippen MR) is 92.6 cm³/mol. The molecular weight excluding hydrogens is 302 g/mol. The number of aromatic nitrogens is 1. The summed E-state index contributed by atoms with van der Waals surface area (Å²) in [6, 6.07) is 11.7. The molecule has 2 aliphatic rings. The van der Waals surface area contributed by atoms with Crippen LogP contribution < -0.4 is 15.0 Å². The molecule has 0 bridgehead atoms. The van der Waals surface area contributed by atoms with E-state index in [4.69, 9.17) is 4.74 Å². The van der Waals surface area contributed by atoms with E-state index in [1.165, 1.54) is 5.56 Å². The van der Waals surface area contributed by atoms with Crippen molar-refractivity contribution in [1.82, 2.24) is 10.3 Å². The SMILES string of the molecule is O=C(NC[C@H]1Cc2ccccc2O1)c1cccnc1N1CCCC1. The van der Waals surface area contributed by atoms with Gasteiger partial charge in [-0.15, -0.1) is 0 Å². The summed E-state index contributed by atoms with van der Waals surface area (Å²) in [5.41, 5.74) is 1.85. The second-order valence-corrected chi connectivity index (χ2v) is 6.33. The average Bonchev–Trinajstić information content (AvgIpc) is 3.28. The van der Waals surface area contributed by atoms with Crippen LogP contribution in [0.1, 0.15) is 28.8 Å². The van der Waals surface area contributed by atoms with E-state index in [-0.39, 0.29) is 12.0 Å². The molecule has 1 amide bonds. The highest BCUT2D eigenvalue weighted by atomic mass is 16.5. The minimum absolute atomic E-state index is 0.00161. The number of hydrogen-bond donors (Lipinski definition) is 1. The average molecular weight is 323 g/mol. The summed E-state index contributed by atoms with van der Waals surface area (Å²) >= 11 is 0. The number of amides is 1. The first-order valence-corrected chi connectivity index (χ1v) is 8.54. The maximum atomic E-state index is 12.6. The molecule has 0 unspecified atom stereocenters. The first-order valence-electron chi connectivity index (χ1n) is 8.54. The fraction of sp³-hybridized carbons (Fsp3) is 0.368. The number of para-hydroxylation sites is 1. The van der Waals surface area contributed by atoms with Crippen LogP contribution in [0.25, 0.3) is 0 Å². The molecule has 124 valence electrons. The third kappa shape index (κ3) is 2.94. The van der Waals surface area contributed by atoms with Crippen LogP contribution in [0.5, 0.6) is 5.75 Å². The van der Waals surface area contributed by atoms with Gasteiger partial charge in [-0.2, -0.15) is 0 Å². The Morgan fingerprint density at radius 1 is 1.21 bits per heavy atom. The Labute approximate surface area is 141 Å². The molecule has 0 spiro atoms. The van der Waals surface area contributed by atoms with Crippen LogP contribution in [-0.4, -0.2) is 36.6 Å². The van der Waals surface area contributed by atoms with Gasteiger partial charge in [0.05, 0.1) is 12.1 Å². The van der Waals surface area contributed by atoms with Crippen LogP contribution in [0, 0.1) is 0 Å². The number of rotatable bonds is 4. The standard InChI is InChI=1S/C19H21N3O2/c23-19(16-7-5-9-20-18(16)22-10-3-4-11-22)21-13-15-12-14-6-1-2-8-17(14)24-15/h1-2,5-9,15H,3-4,10-13H2,(H,21,23)/t15-/m1/s1. The molecule has 0 radical (unpaired) electrons. The number of carbonyl (C=O) groups excluding carboxylic acids is 1. The molecule has 24 heavy (non-hydrogen) atoms. The summed E-state index contributed by atoms with van der Waals surface area (Å²) < 4.78 is 5.88. The number of fused-ring (bicyclic) bond motifs is 1. The lowest BCUT2D eigenvalue weighted by Gasteiger charge is -2.20. The Balaban J connectivity index is 1.41. The van der Waals surface area contributed by atoms with E-state index in [1.54, 1.807) is 6.20 Å². The van der Waals surface area contributed by atoms with Gasteiger partial charge in [0.2, 0.25) is 0 Å². The Morgan fingerprint density at radius 2 is 2.04 bits per heavy atom. The molecule has 5 nitrogen and oxygen atoms in total. The lowest BCUT2D eigenvalue weighted by Crippen LogP contribution is -2.35. The van der Waals surface area contributed by atoms with E-state index < -0.39 is 0 Å². The molecule has 2 aromatic rings. The van der Waals surface area contributed by atoms with E-state index in [9.17, 15) is 4.79 Å². The number of pyridine rings is 1. The van der Waals surface area contributed by atoms with Crippen molar-refractivity contribution >= 4 is 11.7 Å². The Kier molecular flexibility index (Phi) is 4.07. The number of anilines is 1. The third-order valence-corrected chi connectivity index (χ3v) is 4.64. The molecule has 1 aromatic heterocycles. The van der Waals surface area contributed by atoms with E-state index in [0.717, 1.165) is 43.9 Å². The smallest absolute Gasteiger partial charge is 0.255 e. The van der Waals surface area contributed by atoms with Gasteiger partial charge in [-0.25, -0.2) is 4.98 Å². The zero-order valence-electron chi connectivity index (χ0n) is 13.6. The summed E-state index contributed by atoms with van der Waals surface area (Å²) in [7, 11) is 0. The summed E-state index contributed by atoms with van der Waals surface area (Å²) in [4.78, 5) is 19.2. The first kappa shape index (κ1) is 15.0. The molecule has 2 aliphatic heterocycles. The van der Waals surface area contributed by atoms with E-state index in [1.807, 2.05) is 30.3 Å². The van der Waals surface area contributed by atoms with Gasteiger partial charge in [0.25, 0.3) is 5.91 Å². The molecule has 5 heteroatoms. The van der Waals surface area contributed by atoms with Gasteiger partial charge >= 0.3 is 0 Å². The minimum atomic E-state index is -0.0791. The number of nitrogens with zero attached hydrogens (tertiary/aromatic N) is 2. The zero-order chi connectivity index (χ0) is 16.4. The normalized spacial score (nSPS) is 19.0. The van der Waals surface area contributed by atoms with E-state index in [0.29, 0.717) is 12.1 Å². The third-order valence-electron chi connectivity index (χ3n) is 4.64. The Bertz CT molecular complexity index is 716. The summed E-state index contributed by atoms with van der Waals surface area (Å²) in [6.45, 7) is 2.44. The second-order valence-electron chi connectivity index (χ2n) is 6.33. The predicted octanol–water partition coefficient (Wildman–Crippen LogP) is 2.42. The summed E-state index contributed by atoms with van der Waals surface area (Å²) in [5, 5.41) is 3.01. The van der Waals surface area contributed by atoms with Crippen molar-refractivity contribution in [3.05, 3.63) is 53.7 Å². The topological polar surface area (TPSA) is 54.5 Å². The van der Waals surface area contributed by atoms with Crippen molar-refractivity contribution < 1.29 is 9.53 Å². The van der Waals surface area contributed by atoms with Crippen LogP contribution in [0.2, 0.25) is 0 Å². The number of carbonyl (C=O) groups is 1. The van der Waals surface area contributed by atoms with Gasteiger partial charge in [0, 0.05) is 25.7 Å². The van der Waals surface area contributed by atoms with Crippen LogP contribution >= 0.6 is 0 Å². The van der Waals surface area contributed by atoms with Crippen molar-refractivity contribution in [2.75, 3.05) is 24.5 Å². The van der Waals surface area contributed by atoms with Gasteiger partial charge in [0.1, 0.15) is 17.7 Å². The van der Waals surface area contributed by atoms with Gasteiger partial charge < -0.3 is 15.0 Å². The lowest BCUT2D eigenvalue weighted by atomic mass is 10.1. The number of hydrogen-bond acceptors (Lipinski definition) is 4. The molecular formula is C19H21N3O2. The molecule has 0 aliphatic carbocycles. The molecule has 1 saturated heterocycles. The fourth-order valence-corrected chi connectivity index (χ4v) is 3.42. The maximum Gasteiger partial charge on any atom is 0.255 e. The number of benzene rings is 1. The van der Waals surface area contributed by atoms with Crippen molar-refractivity contribution in [2.45, 2.75) is 25.4 Å².